The van der Waals surface area contributed by atoms with Gasteiger partial charge in [-0.2, -0.15) is 4.98 Å². The first kappa shape index (κ1) is 22.4. The fourth-order valence-electron chi connectivity index (χ4n) is 3.82. The molecular formula is C24H28N4O5. The molecular weight excluding hydrogens is 424 g/mol. The number of piperidine rings is 1. The fraction of sp³-hybridized carbons (Fsp3) is 0.375. The van der Waals surface area contributed by atoms with Gasteiger partial charge in [-0.05, 0) is 50.1 Å². The van der Waals surface area contributed by atoms with Crippen molar-refractivity contribution in [3.05, 3.63) is 42.5 Å². The summed E-state index contributed by atoms with van der Waals surface area (Å²) in [6.45, 7) is 3.79. The molecule has 0 bridgehead atoms. The first-order valence-electron chi connectivity index (χ1n) is 11.0. The van der Waals surface area contributed by atoms with Crippen molar-refractivity contribution < 1.29 is 23.5 Å². The molecule has 4 rings (SSSR count). The van der Waals surface area contributed by atoms with Gasteiger partial charge in [0.05, 0.1) is 20.8 Å². The van der Waals surface area contributed by atoms with Gasteiger partial charge in [0.15, 0.2) is 11.5 Å². The molecule has 1 aliphatic rings. The van der Waals surface area contributed by atoms with Crippen LogP contribution in [0, 0.1) is 5.92 Å². The lowest BCUT2D eigenvalue weighted by Crippen LogP contribution is -2.38. The molecule has 0 saturated carbocycles. The number of carbonyl (C=O) groups is 1. The van der Waals surface area contributed by atoms with Crippen molar-refractivity contribution in [3.8, 4) is 28.6 Å². The summed E-state index contributed by atoms with van der Waals surface area (Å²) in [5.41, 5.74) is 1.51. The summed E-state index contributed by atoms with van der Waals surface area (Å²) in [6, 6.07) is 13.3. The minimum Gasteiger partial charge on any atom is -0.497 e. The number of hydrogen-bond donors (Lipinski definition) is 1. The van der Waals surface area contributed by atoms with Gasteiger partial charge in [0, 0.05) is 36.3 Å². The van der Waals surface area contributed by atoms with Crippen LogP contribution in [0.15, 0.2) is 47.0 Å². The molecule has 0 radical (unpaired) electrons. The van der Waals surface area contributed by atoms with E-state index in [9.17, 15) is 4.79 Å². The number of hydrogen-bond acceptors (Lipinski definition) is 8. The van der Waals surface area contributed by atoms with Crippen LogP contribution >= 0.6 is 0 Å². The highest BCUT2D eigenvalue weighted by Crippen LogP contribution is 2.32. The van der Waals surface area contributed by atoms with E-state index in [0.717, 1.165) is 11.3 Å². The van der Waals surface area contributed by atoms with E-state index in [1.165, 1.54) is 0 Å². The summed E-state index contributed by atoms with van der Waals surface area (Å²) in [6.07, 6.45) is 1.40. The topological polar surface area (TPSA) is 99.0 Å². The maximum atomic E-state index is 12.7. The molecule has 0 spiro atoms. The first-order valence-corrected chi connectivity index (χ1v) is 11.0. The Bertz CT molecular complexity index is 1090. The number of nitrogens with one attached hydrogen (secondary N) is 1. The number of ether oxygens (including phenoxy) is 3. The van der Waals surface area contributed by atoms with Crippen LogP contribution in [-0.4, -0.2) is 50.0 Å². The zero-order valence-electron chi connectivity index (χ0n) is 19.0. The molecule has 2 aromatic carbocycles. The molecule has 1 amide bonds. The maximum absolute atomic E-state index is 12.7. The fourth-order valence-corrected chi connectivity index (χ4v) is 3.82. The molecule has 9 nitrogen and oxygen atoms in total. The van der Waals surface area contributed by atoms with Gasteiger partial charge < -0.3 is 29.0 Å². The number of methoxy groups -OCH3 is 2. The zero-order chi connectivity index (χ0) is 23.2. The Morgan fingerprint density at radius 1 is 1.12 bits per heavy atom. The van der Waals surface area contributed by atoms with E-state index >= 15 is 0 Å². The Kier molecular flexibility index (Phi) is 6.97. The van der Waals surface area contributed by atoms with Crippen molar-refractivity contribution in [2.24, 2.45) is 5.92 Å². The lowest BCUT2D eigenvalue weighted by atomic mass is 9.96. The molecule has 1 aromatic heterocycles. The molecule has 0 aliphatic carbocycles. The Hall–Kier alpha value is -3.75. The number of nitrogens with zero attached hydrogens (tertiary/aromatic N) is 3. The Balaban J connectivity index is 1.36. The molecule has 1 saturated heterocycles. The van der Waals surface area contributed by atoms with Gasteiger partial charge in [-0.1, -0.05) is 11.2 Å². The Morgan fingerprint density at radius 2 is 1.94 bits per heavy atom. The molecule has 2 heterocycles. The molecule has 33 heavy (non-hydrogen) atoms. The van der Waals surface area contributed by atoms with Crippen LogP contribution in [0.3, 0.4) is 0 Å². The second kappa shape index (κ2) is 10.2. The van der Waals surface area contributed by atoms with Crippen molar-refractivity contribution in [1.82, 2.24) is 10.1 Å². The molecule has 9 heteroatoms. The number of rotatable bonds is 8. The summed E-state index contributed by atoms with van der Waals surface area (Å²) in [7, 11) is 3.20. The van der Waals surface area contributed by atoms with Crippen LogP contribution in [-0.2, 0) is 4.79 Å². The van der Waals surface area contributed by atoms with Gasteiger partial charge in [0.2, 0.25) is 11.7 Å². The summed E-state index contributed by atoms with van der Waals surface area (Å²) < 4.78 is 21.7. The van der Waals surface area contributed by atoms with Crippen molar-refractivity contribution >= 4 is 17.6 Å². The van der Waals surface area contributed by atoms with E-state index < -0.39 is 0 Å². The molecule has 1 N–H and O–H groups in total. The van der Waals surface area contributed by atoms with E-state index in [1.807, 2.05) is 54.3 Å². The van der Waals surface area contributed by atoms with Gasteiger partial charge >= 0.3 is 6.01 Å². The van der Waals surface area contributed by atoms with Gasteiger partial charge in [-0.3, -0.25) is 4.79 Å². The number of carbonyl (C=O) groups excluding carboxylic acids is 1. The third-order valence-corrected chi connectivity index (χ3v) is 5.61. The maximum Gasteiger partial charge on any atom is 0.324 e. The summed E-state index contributed by atoms with van der Waals surface area (Å²) in [5, 5.41) is 7.10. The summed E-state index contributed by atoms with van der Waals surface area (Å²) in [5.74, 6) is 2.40. The van der Waals surface area contributed by atoms with Gasteiger partial charge in [0.25, 0.3) is 0 Å². The minimum atomic E-state index is -0.0785. The summed E-state index contributed by atoms with van der Waals surface area (Å²) in [4.78, 5) is 19.3. The van der Waals surface area contributed by atoms with E-state index in [2.05, 4.69) is 15.5 Å². The third kappa shape index (κ3) is 5.19. The number of aromatic nitrogens is 2. The standard InChI is InChI=1S/C24H28N4O5/c1-4-32-20-9-8-17(14-21(20)31-3)22-26-24(33-27-22)28-12-10-16(11-13-28)23(29)25-18-6-5-7-19(15-18)30-2/h5-9,14-16H,4,10-13H2,1-3H3,(H,25,29). The highest BCUT2D eigenvalue weighted by molar-refractivity contribution is 5.92. The lowest BCUT2D eigenvalue weighted by Gasteiger charge is -2.29. The van der Waals surface area contributed by atoms with Crippen LogP contribution < -0.4 is 24.4 Å². The predicted octanol–water partition coefficient (Wildman–Crippen LogP) is 4.01. The van der Waals surface area contributed by atoms with Crippen molar-refractivity contribution in [2.75, 3.05) is 44.1 Å². The van der Waals surface area contributed by atoms with Crippen molar-refractivity contribution in [1.29, 1.82) is 0 Å². The average molecular weight is 453 g/mol. The van der Waals surface area contributed by atoms with E-state index in [0.29, 0.717) is 61.6 Å². The Labute approximate surface area is 192 Å². The number of anilines is 2. The Morgan fingerprint density at radius 3 is 2.67 bits per heavy atom. The lowest BCUT2D eigenvalue weighted by molar-refractivity contribution is -0.120. The number of benzene rings is 2. The van der Waals surface area contributed by atoms with Crippen LogP contribution in [0.4, 0.5) is 11.7 Å². The second-order valence-corrected chi connectivity index (χ2v) is 7.68. The van der Waals surface area contributed by atoms with Crippen molar-refractivity contribution in [3.63, 3.8) is 0 Å². The molecule has 1 aliphatic heterocycles. The zero-order valence-corrected chi connectivity index (χ0v) is 19.0. The smallest absolute Gasteiger partial charge is 0.324 e. The molecule has 0 atom stereocenters. The van der Waals surface area contributed by atoms with Crippen LogP contribution in [0.25, 0.3) is 11.4 Å². The van der Waals surface area contributed by atoms with Gasteiger partial charge in [0.1, 0.15) is 5.75 Å². The van der Waals surface area contributed by atoms with Crippen LogP contribution in [0.5, 0.6) is 17.2 Å². The number of amides is 1. The molecule has 3 aromatic rings. The average Bonchev–Trinajstić information content (AvgIpc) is 3.35. The molecule has 1 fully saturated rings. The third-order valence-electron chi connectivity index (χ3n) is 5.61. The van der Waals surface area contributed by atoms with Gasteiger partial charge in [-0.15, -0.1) is 0 Å². The highest BCUT2D eigenvalue weighted by atomic mass is 16.5. The monoisotopic (exact) mass is 452 g/mol. The first-order chi connectivity index (χ1) is 16.1. The van der Waals surface area contributed by atoms with Crippen molar-refractivity contribution in [2.45, 2.75) is 19.8 Å². The molecule has 0 unspecified atom stereocenters. The van der Waals surface area contributed by atoms with Crippen LogP contribution in [0.2, 0.25) is 0 Å². The normalized spacial score (nSPS) is 14.1. The molecule has 174 valence electrons. The van der Waals surface area contributed by atoms with Gasteiger partial charge in [-0.25, -0.2) is 0 Å². The largest absolute Gasteiger partial charge is 0.497 e. The highest BCUT2D eigenvalue weighted by Gasteiger charge is 2.28. The van der Waals surface area contributed by atoms with E-state index in [1.54, 1.807) is 14.2 Å². The SMILES string of the molecule is CCOc1ccc(-c2noc(N3CCC(C(=O)Nc4cccc(OC)c4)CC3)n2)cc1OC. The second-order valence-electron chi connectivity index (χ2n) is 7.68. The minimum absolute atomic E-state index is 0.00982. The summed E-state index contributed by atoms with van der Waals surface area (Å²) >= 11 is 0. The van der Waals surface area contributed by atoms with Crippen LogP contribution in [0.1, 0.15) is 19.8 Å². The quantitative estimate of drug-likeness (QED) is 0.547. The predicted molar refractivity (Wildman–Crippen MR) is 124 cm³/mol. The van der Waals surface area contributed by atoms with E-state index in [4.69, 9.17) is 18.7 Å². The van der Waals surface area contributed by atoms with E-state index in [-0.39, 0.29) is 11.8 Å².